The Morgan fingerprint density at radius 1 is 0.971 bits per heavy atom. The van der Waals surface area contributed by atoms with Gasteiger partial charge in [-0.2, -0.15) is 0 Å². The lowest BCUT2D eigenvalue weighted by molar-refractivity contribution is 0.0971. The number of aryl methyl sites for hydroxylation is 1. The van der Waals surface area contributed by atoms with Gasteiger partial charge in [0.25, 0.3) is 5.91 Å². The second-order valence-electron chi connectivity index (χ2n) is 8.37. The molecule has 5 rings (SSSR count). The van der Waals surface area contributed by atoms with Crippen molar-refractivity contribution < 1.29 is 18.7 Å². The van der Waals surface area contributed by atoms with Gasteiger partial charge in [-0.15, -0.1) is 0 Å². The average Bonchev–Trinajstić information content (AvgIpc) is 3.16. The topological polar surface area (TPSA) is 69.0 Å². The van der Waals surface area contributed by atoms with Gasteiger partial charge in [-0.3, -0.25) is 14.5 Å². The van der Waals surface area contributed by atoms with E-state index in [1.165, 1.54) is 0 Å². The van der Waals surface area contributed by atoms with E-state index in [9.17, 15) is 9.59 Å². The van der Waals surface area contributed by atoms with Crippen molar-refractivity contribution in [3.8, 4) is 11.5 Å². The number of benzene rings is 3. The standard InChI is InChI=1S/C28H25NO5/c1-4-14-33-21-7-5-6-18(16-21)25-24-26(30)22-15-17(2)8-13-23(22)34-27(24)28(31)29(25)19-9-11-20(32-3)12-10-19/h5-13,15-16,25H,4,14H2,1-3H3. The predicted octanol–water partition coefficient (Wildman–Crippen LogP) is 5.65. The van der Waals surface area contributed by atoms with Gasteiger partial charge in [0.1, 0.15) is 17.1 Å². The first-order valence-corrected chi connectivity index (χ1v) is 11.3. The minimum atomic E-state index is -0.651. The molecule has 0 saturated heterocycles. The van der Waals surface area contributed by atoms with Crippen LogP contribution in [-0.4, -0.2) is 19.6 Å². The second-order valence-corrected chi connectivity index (χ2v) is 8.37. The van der Waals surface area contributed by atoms with Gasteiger partial charge < -0.3 is 13.9 Å². The Hall–Kier alpha value is -4.06. The van der Waals surface area contributed by atoms with E-state index in [1.807, 2.05) is 44.2 Å². The number of hydrogen-bond donors (Lipinski definition) is 0. The van der Waals surface area contributed by atoms with E-state index in [2.05, 4.69) is 0 Å². The van der Waals surface area contributed by atoms with E-state index in [4.69, 9.17) is 13.9 Å². The highest BCUT2D eigenvalue weighted by Crippen LogP contribution is 2.42. The molecule has 172 valence electrons. The van der Waals surface area contributed by atoms with Crippen LogP contribution in [0.4, 0.5) is 5.69 Å². The molecule has 0 aliphatic carbocycles. The van der Waals surface area contributed by atoms with Gasteiger partial charge in [0, 0.05) is 5.69 Å². The molecule has 0 fully saturated rings. The zero-order valence-electron chi connectivity index (χ0n) is 19.3. The first kappa shape index (κ1) is 21.8. The minimum absolute atomic E-state index is 0.0713. The molecule has 0 bridgehead atoms. The van der Waals surface area contributed by atoms with Crippen LogP contribution in [0.25, 0.3) is 11.0 Å². The lowest BCUT2D eigenvalue weighted by Gasteiger charge is -2.25. The smallest absolute Gasteiger partial charge is 0.295 e. The third kappa shape index (κ3) is 3.61. The first-order valence-electron chi connectivity index (χ1n) is 11.3. The fourth-order valence-electron chi connectivity index (χ4n) is 4.41. The van der Waals surface area contributed by atoms with Crippen molar-refractivity contribution >= 4 is 22.6 Å². The van der Waals surface area contributed by atoms with Crippen molar-refractivity contribution in [1.29, 1.82) is 0 Å². The number of hydrogen-bond acceptors (Lipinski definition) is 5. The van der Waals surface area contributed by atoms with Crippen LogP contribution in [0.2, 0.25) is 0 Å². The molecular formula is C28H25NO5. The summed E-state index contributed by atoms with van der Waals surface area (Å²) in [5, 5.41) is 0.464. The van der Waals surface area contributed by atoms with E-state index in [-0.39, 0.29) is 17.1 Å². The Bertz CT molecular complexity index is 1440. The largest absolute Gasteiger partial charge is 0.497 e. The van der Waals surface area contributed by atoms with Crippen molar-refractivity contribution in [2.75, 3.05) is 18.6 Å². The van der Waals surface area contributed by atoms with Gasteiger partial charge in [-0.05, 0) is 67.4 Å². The molecule has 0 radical (unpaired) electrons. The molecule has 1 aliphatic rings. The highest BCUT2D eigenvalue weighted by atomic mass is 16.5. The number of nitrogens with zero attached hydrogens (tertiary/aromatic N) is 1. The van der Waals surface area contributed by atoms with E-state index in [1.54, 1.807) is 48.4 Å². The molecule has 1 aromatic heterocycles. The minimum Gasteiger partial charge on any atom is -0.497 e. The summed E-state index contributed by atoms with van der Waals surface area (Å²) in [5.41, 5.74) is 2.90. The molecule has 0 saturated carbocycles. The predicted molar refractivity (Wildman–Crippen MR) is 131 cm³/mol. The Kier molecular flexibility index (Phi) is 5.57. The van der Waals surface area contributed by atoms with Crippen LogP contribution in [0.5, 0.6) is 11.5 Å². The second kappa shape index (κ2) is 8.71. The van der Waals surface area contributed by atoms with Crippen molar-refractivity contribution in [3.63, 3.8) is 0 Å². The molecule has 1 unspecified atom stereocenters. The maximum absolute atomic E-state index is 13.7. The van der Waals surface area contributed by atoms with Crippen molar-refractivity contribution in [2.24, 2.45) is 0 Å². The SMILES string of the molecule is CCCOc1cccc(C2c3c(oc4ccc(C)cc4c3=O)C(=O)N2c2ccc(OC)cc2)c1. The van der Waals surface area contributed by atoms with Gasteiger partial charge in [0.15, 0.2) is 5.43 Å². The van der Waals surface area contributed by atoms with Crippen LogP contribution < -0.4 is 19.8 Å². The van der Waals surface area contributed by atoms with Gasteiger partial charge in [-0.1, -0.05) is 30.7 Å². The van der Waals surface area contributed by atoms with Crippen LogP contribution in [0, 0.1) is 6.92 Å². The maximum atomic E-state index is 13.7. The average molecular weight is 456 g/mol. The van der Waals surface area contributed by atoms with Crippen molar-refractivity contribution in [1.82, 2.24) is 0 Å². The zero-order chi connectivity index (χ0) is 23.8. The normalized spacial score (nSPS) is 15.0. The van der Waals surface area contributed by atoms with Crippen molar-refractivity contribution in [2.45, 2.75) is 26.3 Å². The number of carbonyl (C=O) groups excluding carboxylic acids is 1. The Balaban J connectivity index is 1.74. The number of anilines is 1. The summed E-state index contributed by atoms with van der Waals surface area (Å²) in [4.78, 5) is 29.0. The third-order valence-electron chi connectivity index (χ3n) is 6.02. The van der Waals surface area contributed by atoms with Crippen LogP contribution in [0.1, 0.15) is 46.6 Å². The molecule has 6 nitrogen and oxygen atoms in total. The van der Waals surface area contributed by atoms with Gasteiger partial charge in [-0.25, -0.2) is 0 Å². The third-order valence-corrected chi connectivity index (χ3v) is 6.02. The number of amides is 1. The lowest BCUT2D eigenvalue weighted by atomic mass is 9.97. The molecule has 1 atom stereocenters. The molecule has 1 aliphatic heterocycles. The molecule has 6 heteroatoms. The molecule has 1 amide bonds. The summed E-state index contributed by atoms with van der Waals surface area (Å²) in [7, 11) is 1.59. The lowest BCUT2D eigenvalue weighted by Crippen LogP contribution is -2.29. The Morgan fingerprint density at radius 3 is 2.50 bits per heavy atom. The van der Waals surface area contributed by atoms with E-state index in [0.29, 0.717) is 40.3 Å². The van der Waals surface area contributed by atoms with Gasteiger partial charge in [0.2, 0.25) is 5.76 Å². The molecule has 3 aromatic carbocycles. The summed E-state index contributed by atoms with van der Waals surface area (Å²) >= 11 is 0. The summed E-state index contributed by atoms with van der Waals surface area (Å²) in [6.07, 6.45) is 0.877. The number of fused-ring (bicyclic) bond motifs is 2. The van der Waals surface area contributed by atoms with Gasteiger partial charge in [0.05, 0.1) is 30.7 Å². The molecule has 2 heterocycles. The van der Waals surface area contributed by atoms with Crippen LogP contribution in [0.15, 0.2) is 75.9 Å². The number of carbonyl (C=O) groups is 1. The molecular weight excluding hydrogens is 430 g/mol. The van der Waals surface area contributed by atoms with Crippen LogP contribution >= 0.6 is 0 Å². The fraction of sp³-hybridized carbons (Fsp3) is 0.214. The summed E-state index contributed by atoms with van der Waals surface area (Å²) in [6, 6.07) is 19.5. The number of ether oxygens (including phenoxy) is 2. The molecule has 0 N–H and O–H groups in total. The van der Waals surface area contributed by atoms with E-state index < -0.39 is 6.04 Å². The molecule has 4 aromatic rings. The number of methoxy groups -OCH3 is 1. The quantitative estimate of drug-likeness (QED) is 0.376. The highest BCUT2D eigenvalue weighted by molar-refractivity contribution is 6.10. The summed E-state index contributed by atoms with van der Waals surface area (Å²) < 4.78 is 17.2. The van der Waals surface area contributed by atoms with Gasteiger partial charge >= 0.3 is 0 Å². The van der Waals surface area contributed by atoms with Crippen molar-refractivity contribution in [3.05, 3.63) is 99.4 Å². The number of rotatable bonds is 6. The molecule has 34 heavy (non-hydrogen) atoms. The fourth-order valence-corrected chi connectivity index (χ4v) is 4.41. The highest BCUT2D eigenvalue weighted by Gasteiger charge is 2.43. The van der Waals surface area contributed by atoms with Crippen LogP contribution in [-0.2, 0) is 0 Å². The first-order chi connectivity index (χ1) is 16.5. The van der Waals surface area contributed by atoms with E-state index in [0.717, 1.165) is 17.5 Å². The van der Waals surface area contributed by atoms with Crippen LogP contribution in [0.3, 0.4) is 0 Å². The Morgan fingerprint density at radius 2 is 1.76 bits per heavy atom. The summed E-state index contributed by atoms with van der Waals surface area (Å²) in [5.74, 6) is 1.08. The monoisotopic (exact) mass is 455 g/mol. The zero-order valence-corrected chi connectivity index (χ0v) is 19.3. The Labute approximate surface area is 197 Å². The maximum Gasteiger partial charge on any atom is 0.295 e. The van der Waals surface area contributed by atoms with E-state index >= 15 is 0 Å². The summed E-state index contributed by atoms with van der Waals surface area (Å²) in [6.45, 7) is 4.55. The molecule has 0 spiro atoms.